The average Bonchev–Trinajstić information content (AvgIpc) is 2.12. The molecule has 0 unspecified atom stereocenters. The van der Waals surface area contributed by atoms with Crippen LogP contribution in [0.5, 0.6) is 0 Å². The molecule has 0 aliphatic heterocycles. The number of ketones is 1. The van der Waals surface area contributed by atoms with Crippen molar-refractivity contribution in [1.82, 2.24) is 0 Å². The van der Waals surface area contributed by atoms with Gasteiger partial charge in [0.1, 0.15) is 12.7 Å². The van der Waals surface area contributed by atoms with Gasteiger partial charge in [0, 0.05) is 12.5 Å². The maximum atomic E-state index is 10.6. The van der Waals surface area contributed by atoms with E-state index in [0.29, 0.717) is 0 Å². The van der Waals surface area contributed by atoms with Crippen molar-refractivity contribution < 1.29 is 25.2 Å². The highest BCUT2D eigenvalue weighted by molar-refractivity contribution is 5.84. The largest absolute Gasteiger partial charge is 0.396 e. The maximum absolute atomic E-state index is 10.6. The zero-order valence-corrected chi connectivity index (χ0v) is 6.84. The maximum Gasteiger partial charge on any atom is 0.189 e. The van der Waals surface area contributed by atoms with E-state index < -0.39 is 30.5 Å². The van der Waals surface area contributed by atoms with Gasteiger partial charge in [-0.15, -0.1) is 0 Å². The SMILES string of the molecule is C[C@H](CO)[C@@H](O)[C@H](O)C(=O)CO. The van der Waals surface area contributed by atoms with Crippen LogP contribution in [0.25, 0.3) is 0 Å². The van der Waals surface area contributed by atoms with Gasteiger partial charge in [-0.2, -0.15) is 0 Å². The second-order valence-electron chi connectivity index (χ2n) is 2.72. The normalized spacial score (nSPS) is 18.4. The van der Waals surface area contributed by atoms with Crippen LogP contribution in [0.2, 0.25) is 0 Å². The second-order valence-corrected chi connectivity index (χ2v) is 2.72. The Morgan fingerprint density at radius 1 is 1.33 bits per heavy atom. The average molecular weight is 178 g/mol. The van der Waals surface area contributed by atoms with Gasteiger partial charge in [0.05, 0.1) is 6.10 Å². The Morgan fingerprint density at radius 3 is 2.17 bits per heavy atom. The number of aliphatic hydroxyl groups is 4. The van der Waals surface area contributed by atoms with Crippen molar-refractivity contribution in [3.05, 3.63) is 0 Å². The molecule has 0 radical (unpaired) electrons. The van der Waals surface area contributed by atoms with Crippen LogP contribution in [0.15, 0.2) is 0 Å². The minimum Gasteiger partial charge on any atom is -0.396 e. The topological polar surface area (TPSA) is 98.0 Å². The molecule has 12 heavy (non-hydrogen) atoms. The monoisotopic (exact) mass is 178 g/mol. The van der Waals surface area contributed by atoms with Crippen LogP contribution < -0.4 is 0 Å². The zero-order chi connectivity index (χ0) is 9.72. The summed E-state index contributed by atoms with van der Waals surface area (Å²) in [4.78, 5) is 10.6. The molecule has 0 spiro atoms. The van der Waals surface area contributed by atoms with E-state index in [2.05, 4.69) is 0 Å². The number of hydrogen-bond acceptors (Lipinski definition) is 5. The van der Waals surface area contributed by atoms with E-state index in [1.165, 1.54) is 6.92 Å². The van der Waals surface area contributed by atoms with Gasteiger partial charge in [-0.25, -0.2) is 0 Å². The summed E-state index contributed by atoms with van der Waals surface area (Å²) in [6, 6.07) is 0. The molecule has 0 aromatic carbocycles. The smallest absolute Gasteiger partial charge is 0.189 e. The lowest BCUT2D eigenvalue weighted by atomic mass is 9.98. The fraction of sp³-hybridized carbons (Fsp3) is 0.857. The van der Waals surface area contributed by atoms with Gasteiger partial charge < -0.3 is 20.4 Å². The van der Waals surface area contributed by atoms with Crippen molar-refractivity contribution in [2.24, 2.45) is 5.92 Å². The van der Waals surface area contributed by atoms with Gasteiger partial charge in [0.15, 0.2) is 5.78 Å². The minimum atomic E-state index is -1.61. The highest BCUT2D eigenvalue weighted by Gasteiger charge is 2.27. The number of carbonyl (C=O) groups excluding carboxylic acids is 1. The molecule has 72 valence electrons. The molecule has 0 aromatic rings. The summed E-state index contributed by atoms with van der Waals surface area (Å²) in [5.41, 5.74) is 0. The van der Waals surface area contributed by atoms with Crippen molar-refractivity contribution in [2.45, 2.75) is 19.1 Å². The third-order valence-electron chi connectivity index (χ3n) is 1.68. The lowest BCUT2D eigenvalue weighted by Crippen LogP contribution is -2.40. The van der Waals surface area contributed by atoms with Crippen molar-refractivity contribution in [2.75, 3.05) is 13.2 Å². The molecule has 0 amide bonds. The molecular weight excluding hydrogens is 164 g/mol. The van der Waals surface area contributed by atoms with Crippen LogP contribution in [-0.2, 0) is 4.79 Å². The van der Waals surface area contributed by atoms with Crippen LogP contribution >= 0.6 is 0 Å². The fourth-order valence-corrected chi connectivity index (χ4v) is 0.703. The first-order chi connectivity index (χ1) is 5.54. The van der Waals surface area contributed by atoms with E-state index >= 15 is 0 Å². The number of Topliss-reactive ketones (excluding diaryl/α,β-unsaturated/α-hetero) is 1. The Kier molecular flexibility index (Phi) is 5.00. The highest BCUT2D eigenvalue weighted by atomic mass is 16.3. The Morgan fingerprint density at radius 2 is 1.83 bits per heavy atom. The van der Waals surface area contributed by atoms with E-state index in [4.69, 9.17) is 20.4 Å². The summed E-state index contributed by atoms with van der Waals surface area (Å²) in [5, 5.41) is 35.1. The number of hydrogen-bond donors (Lipinski definition) is 4. The van der Waals surface area contributed by atoms with E-state index in [0.717, 1.165) is 0 Å². The number of carbonyl (C=O) groups is 1. The Hall–Kier alpha value is -0.490. The summed E-state index contributed by atoms with van der Waals surface area (Å²) in [7, 11) is 0. The first kappa shape index (κ1) is 11.5. The van der Waals surface area contributed by atoms with E-state index in [1.54, 1.807) is 0 Å². The molecular formula is C7H14O5. The van der Waals surface area contributed by atoms with Crippen molar-refractivity contribution >= 4 is 5.78 Å². The van der Waals surface area contributed by atoms with Gasteiger partial charge in [0.2, 0.25) is 0 Å². The lowest BCUT2D eigenvalue weighted by molar-refractivity contribution is -0.138. The van der Waals surface area contributed by atoms with Gasteiger partial charge in [-0.3, -0.25) is 4.79 Å². The third-order valence-corrected chi connectivity index (χ3v) is 1.68. The quantitative estimate of drug-likeness (QED) is 0.386. The van der Waals surface area contributed by atoms with Gasteiger partial charge in [-0.05, 0) is 0 Å². The molecule has 0 saturated carbocycles. The predicted octanol–water partition coefficient (Wildman–Crippen LogP) is -2.10. The summed E-state index contributed by atoms with van der Waals surface area (Å²) in [6.07, 6.45) is -2.94. The van der Waals surface area contributed by atoms with Crippen molar-refractivity contribution in [1.29, 1.82) is 0 Å². The molecule has 3 atom stereocenters. The predicted molar refractivity (Wildman–Crippen MR) is 40.4 cm³/mol. The molecule has 5 nitrogen and oxygen atoms in total. The van der Waals surface area contributed by atoms with Gasteiger partial charge in [-0.1, -0.05) is 6.92 Å². The van der Waals surface area contributed by atoms with E-state index in [1.807, 2.05) is 0 Å². The van der Waals surface area contributed by atoms with Crippen LogP contribution in [-0.4, -0.2) is 51.6 Å². The van der Waals surface area contributed by atoms with Crippen molar-refractivity contribution in [3.63, 3.8) is 0 Å². The highest BCUT2D eigenvalue weighted by Crippen LogP contribution is 2.07. The molecule has 0 aliphatic carbocycles. The third kappa shape index (κ3) is 2.86. The first-order valence-electron chi connectivity index (χ1n) is 3.65. The summed E-state index contributed by atoms with van der Waals surface area (Å²) in [6.45, 7) is 0.353. The minimum absolute atomic E-state index is 0.322. The molecule has 0 fully saturated rings. The zero-order valence-electron chi connectivity index (χ0n) is 6.84. The molecule has 4 N–H and O–H groups in total. The molecule has 0 rings (SSSR count). The van der Waals surface area contributed by atoms with Gasteiger partial charge in [0.25, 0.3) is 0 Å². The summed E-state index contributed by atoms with van der Waals surface area (Å²) >= 11 is 0. The first-order valence-corrected chi connectivity index (χ1v) is 3.65. The van der Waals surface area contributed by atoms with Crippen molar-refractivity contribution in [3.8, 4) is 0 Å². The number of rotatable bonds is 5. The lowest BCUT2D eigenvalue weighted by Gasteiger charge is -2.20. The Bertz CT molecular complexity index is 147. The molecule has 0 bridgehead atoms. The molecule has 0 saturated heterocycles. The van der Waals surface area contributed by atoms with Gasteiger partial charge >= 0.3 is 0 Å². The summed E-state index contributed by atoms with van der Waals surface area (Å²) < 4.78 is 0. The molecule has 0 heterocycles. The second kappa shape index (κ2) is 5.21. The molecule has 5 heteroatoms. The van der Waals surface area contributed by atoms with E-state index in [9.17, 15) is 4.79 Å². The fourth-order valence-electron chi connectivity index (χ4n) is 0.703. The van der Waals surface area contributed by atoms with Crippen LogP contribution in [0.4, 0.5) is 0 Å². The molecule has 0 aliphatic rings. The Balaban J connectivity index is 4.08. The standard InChI is InChI=1S/C7H14O5/c1-4(2-8)6(11)7(12)5(10)3-9/h4,6-9,11-12H,2-3H2,1H3/t4-,6-,7-/m1/s1. The van der Waals surface area contributed by atoms with Crippen LogP contribution in [0, 0.1) is 5.92 Å². The number of aliphatic hydroxyl groups excluding tert-OH is 4. The van der Waals surface area contributed by atoms with Crippen LogP contribution in [0.1, 0.15) is 6.92 Å². The summed E-state index contributed by atoms with van der Waals surface area (Å²) in [5.74, 6) is -1.43. The Labute approximate surface area is 70.3 Å². The molecule has 0 aromatic heterocycles. The van der Waals surface area contributed by atoms with Crippen LogP contribution in [0.3, 0.4) is 0 Å². The van der Waals surface area contributed by atoms with E-state index in [-0.39, 0.29) is 6.61 Å².